The summed E-state index contributed by atoms with van der Waals surface area (Å²) in [6.07, 6.45) is 2.62. The fourth-order valence-electron chi connectivity index (χ4n) is 3.97. The van der Waals surface area contributed by atoms with E-state index in [-0.39, 0.29) is 24.2 Å². The molecule has 0 aliphatic carbocycles. The van der Waals surface area contributed by atoms with Crippen LogP contribution in [0.15, 0.2) is 0 Å². The Balaban J connectivity index is 1.99. The van der Waals surface area contributed by atoms with E-state index in [2.05, 4.69) is 32.6 Å². The van der Waals surface area contributed by atoms with E-state index in [1.807, 2.05) is 11.8 Å². The third-order valence-corrected chi connectivity index (χ3v) is 4.88. The molecule has 2 fully saturated rings. The van der Waals surface area contributed by atoms with Crippen LogP contribution in [-0.4, -0.2) is 72.8 Å². The summed E-state index contributed by atoms with van der Waals surface area (Å²) in [7, 11) is 0. The maximum Gasteiger partial charge on any atom is 0.240 e. The van der Waals surface area contributed by atoms with Gasteiger partial charge in [0.2, 0.25) is 5.91 Å². The van der Waals surface area contributed by atoms with Gasteiger partial charge in [-0.25, -0.2) is 0 Å². The molecule has 0 aromatic rings. The molecule has 0 N–H and O–H groups in total. The van der Waals surface area contributed by atoms with Crippen LogP contribution in [0.25, 0.3) is 0 Å². The maximum atomic E-state index is 13.1. The van der Waals surface area contributed by atoms with Gasteiger partial charge in [-0.2, -0.15) is 0 Å². The highest BCUT2D eigenvalue weighted by atomic mass is 16.5. The minimum Gasteiger partial charge on any atom is -0.378 e. The predicted molar refractivity (Wildman–Crippen MR) is 91.4 cm³/mol. The average molecular weight is 326 g/mol. The van der Waals surface area contributed by atoms with Crippen molar-refractivity contribution in [2.75, 3.05) is 32.8 Å². The van der Waals surface area contributed by atoms with Gasteiger partial charge in [-0.15, -0.1) is 0 Å². The number of carbonyl (C=O) groups is 1. The molecule has 3 atom stereocenters. The van der Waals surface area contributed by atoms with Crippen LogP contribution >= 0.6 is 0 Å². The van der Waals surface area contributed by atoms with Gasteiger partial charge >= 0.3 is 0 Å². The number of amides is 1. The van der Waals surface area contributed by atoms with Gasteiger partial charge in [0.25, 0.3) is 0 Å². The molecule has 0 saturated carbocycles. The summed E-state index contributed by atoms with van der Waals surface area (Å²) in [5.41, 5.74) is 0. The molecule has 1 amide bonds. The van der Waals surface area contributed by atoms with Crippen molar-refractivity contribution in [3.63, 3.8) is 0 Å². The molecular weight excluding hydrogens is 292 g/mol. The number of rotatable bonds is 5. The summed E-state index contributed by atoms with van der Waals surface area (Å²) in [6, 6.07) is -0.0348. The average Bonchev–Trinajstić information content (AvgIpc) is 2.47. The Morgan fingerprint density at radius 1 is 1.17 bits per heavy atom. The third kappa shape index (κ3) is 4.91. The normalized spacial score (nSPS) is 29.0. The molecule has 3 unspecified atom stereocenters. The summed E-state index contributed by atoms with van der Waals surface area (Å²) in [5.74, 6) is 0.598. The molecule has 2 aliphatic heterocycles. The van der Waals surface area contributed by atoms with E-state index in [1.165, 1.54) is 0 Å². The first kappa shape index (κ1) is 18.7. The minimum absolute atomic E-state index is 0.0348. The fourth-order valence-corrected chi connectivity index (χ4v) is 3.97. The topological polar surface area (TPSA) is 42.0 Å². The van der Waals surface area contributed by atoms with E-state index in [0.29, 0.717) is 12.0 Å². The summed E-state index contributed by atoms with van der Waals surface area (Å²) in [6.45, 7) is 14.6. The van der Waals surface area contributed by atoms with Crippen molar-refractivity contribution in [2.45, 2.75) is 71.8 Å². The van der Waals surface area contributed by atoms with E-state index >= 15 is 0 Å². The van der Waals surface area contributed by atoms with Gasteiger partial charge in [0.15, 0.2) is 0 Å². The SMILES string of the molecule is CCOC1CCN(C(=O)C(C(C)C)N2CC(C)OC(C)C2)CC1. The molecule has 0 radical (unpaired) electrons. The lowest BCUT2D eigenvalue weighted by molar-refractivity contribution is -0.147. The highest BCUT2D eigenvalue weighted by Gasteiger charge is 2.37. The molecule has 2 heterocycles. The van der Waals surface area contributed by atoms with E-state index in [9.17, 15) is 4.79 Å². The van der Waals surface area contributed by atoms with Crippen LogP contribution in [0.4, 0.5) is 0 Å². The van der Waals surface area contributed by atoms with Crippen LogP contribution in [-0.2, 0) is 14.3 Å². The molecule has 23 heavy (non-hydrogen) atoms. The van der Waals surface area contributed by atoms with Crippen molar-refractivity contribution in [3.8, 4) is 0 Å². The van der Waals surface area contributed by atoms with Gasteiger partial charge < -0.3 is 14.4 Å². The smallest absolute Gasteiger partial charge is 0.240 e. The zero-order valence-corrected chi connectivity index (χ0v) is 15.5. The number of morpholine rings is 1. The number of piperidine rings is 1. The van der Waals surface area contributed by atoms with Crippen LogP contribution < -0.4 is 0 Å². The zero-order valence-electron chi connectivity index (χ0n) is 15.5. The van der Waals surface area contributed by atoms with Gasteiger partial charge in [0.1, 0.15) is 0 Å². The van der Waals surface area contributed by atoms with Crippen molar-refractivity contribution >= 4 is 5.91 Å². The lowest BCUT2D eigenvalue weighted by Crippen LogP contribution is -2.58. The van der Waals surface area contributed by atoms with Crippen LogP contribution in [0.3, 0.4) is 0 Å². The molecule has 2 rings (SSSR count). The monoisotopic (exact) mass is 326 g/mol. The second kappa shape index (κ2) is 8.45. The van der Waals surface area contributed by atoms with Crippen molar-refractivity contribution in [2.24, 2.45) is 5.92 Å². The molecule has 0 aromatic carbocycles. The Bertz CT molecular complexity index is 370. The van der Waals surface area contributed by atoms with E-state index in [0.717, 1.165) is 45.6 Å². The largest absolute Gasteiger partial charge is 0.378 e. The van der Waals surface area contributed by atoms with E-state index in [1.54, 1.807) is 0 Å². The first-order valence-electron chi connectivity index (χ1n) is 9.22. The van der Waals surface area contributed by atoms with E-state index < -0.39 is 0 Å². The standard InChI is InChI=1S/C18H34N2O3/c1-6-22-16-7-9-19(10-8-16)18(21)17(13(2)3)20-11-14(4)23-15(5)12-20/h13-17H,6-12H2,1-5H3. The molecule has 2 aliphatic rings. The van der Waals surface area contributed by atoms with Crippen LogP contribution in [0.2, 0.25) is 0 Å². The van der Waals surface area contributed by atoms with Crippen LogP contribution in [0, 0.1) is 5.92 Å². The van der Waals surface area contributed by atoms with Crippen molar-refractivity contribution < 1.29 is 14.3 Å². The number of likely N-dealkylation sites (tertiary alicyclic amines) is 1. The van der Waals surface area contributed by atoms with Gasteiger partial charge in [-0.05, 0) is 39.5 Å². The molecular formula is C18H34N2O3. The first-order valence-corrected chi connectivity index (χ1v) is 9.22. The molecule has 0 bridgehead atoms. The molecule has 0 aromatic heterocycles. The van der Waals surface area contributed by atoms with Gasteiger partial charge in [0, 0.05) is 32.8 Å². The Labute approximate surface area is 141 Å². The van der Waals surface area contributed by atoms with Crippen molar-refractivity contribution in [1.29, 1.82) is 0 Å². The quantitative estimate of drug-likeness (QED) is 0.776. The van der Waals surface area contributed by atoms with Crippen molar-refractivity contribution in [1.82, 2.24) is 9.80 Å². The Hall–Kier alpha value is -0.650. The van der Waals surface area contributed by atoms with Gasteiger partial charge in [-0.3, -0.25) is 9.69 Å². The Morgan fingerprint density at radius 2 is 1.74 bits per heavy atom. The minimum atomic E-state index is -0.0348. The molecule has 0 spiro atoms. The van der Waals surface area contributed by atoms with Gasteiger partial charge in [0.05, 0.1) is 24.4 Å². The van der Waals surface area contributed by atoms with Crippen LogP contribution in [0.1, 0.15) is 47.5 Å². The summed E-state index contributed by atoms with van der Waals surface area (Å²) in [5, 5.41) is 0. The number of hydrogen-bond donors (Lipinski definition) is 0. The number of ether oxygens (including phenoxy) is 2. The Morgan fingerprint density at radius 3 is 2.22 bits per heavy atom. The lowest BCUT2D eigenvalue weighted by atomic mass is 9.97. The van der Waals surface area contributed by atoms with E-state index in [4.69, 9.17) is 9.47 Å². The second-order valence-electron chi connectivity index (χ2n) is 7.38. The summed E-state index contributed by atoms with van der Waals surface area (Å²) < 4.78 is 11.5. The number of carbonyl (C=O) groups excluding carboxylic acids is 1. The zero-order chi connectivity index (χ0) is 17.0. The highest BCUT2D eigenvalue weighted by molar-refractivity contribution is 5.82. The van der Waals surface area contributed by atoms with Gasteiger partial charge in [-0.1, -0.05) is 13.8 Å². The number of nitrogens with zero attached hydrogens (tertiary/aromatic N) is 2. The van der Waals surface area contributed by atoms with Crippen molar-refractivity contribution in [3.05, 3.63) is 0 Å². The second-order valence-corrected chi connectivity index (χ2v) is 7.38. The molecule has 2 saturated heterocycles. The van der Waals surface area contributed by atoms with Crippen LogP contribution in [0.5, 0.6) is 0 Å². The fraction of sp³-hybridized carbons (Fsp3) is 0.944. The first-order chi connectivity index (χ1) is 10.9. The predicted octanol–water partition coefficient (Wildman–Crippen LogP) is 2.15. The molecule has 5 nitrogen and oxygen atoms in total. The highest BCUT2D eigenvalue weighted by Crippen LogP contribution is 2.22. The summed E-state index contributed by atoms with van der Waals surface area (Å²) >= 11 is 0. The third-order valence-electron chi connectivity index (χ3n) is 4.88. The molecule has 5 heteroatoms. The number of hydrogen-bond acceptors (Lipinski definition) is 4. The lowest BCUT2D eigenvalue weighted by Gasteiger charge is -2.43. The summed E-state index contributed by atoms with van der Waals surface area (Å²) in [4.78, 5) is 17.5. The maximum absolute atomic E-state index is 13.1. The molecule has 134 valence electrons. The Kier molecular flexibility index (Phi) is 6.86.